The molecule has 0 saturated heterocycles. The topological polar surface area (TPSA) is 122 Å². The van der Waals surface area contributed by atoms with Gasteiger partial charge in [-0.15, -0.1) is 0 Å². The van der Waals surface area contributed by atoms with Crippen molar-refractivity contribution in [3.63, 3.8) is 0 Å². The van der Waals surface area contributed by atoms with Gasteiger partial charge in [0, 0.05) is 18.1 Å². The molecule has 0 aromatic heterocycles. The highest BCUT2D eigenvalue weighted by molar-refractivity contribution is 7.81. The number of hydrogen-bond donors (Lipinski definition) is 1. The minimum Gasteiger partial charge on any atom is -0.487 e. The van der Waals surface area contributed by atoms with Crippen LogP contribution in [0.2, 0.25) is 0 Å². The van der Waals surface area contributed by atoms with Gasteiger partial charge in [-0.05, 0) is 32.1 Å². The number of benzene rings is 1. The number of thiocarbonyl (C=S) groups is 1. The van der Waals surface area contributed by atoms with Crippen molar-refractivity contribution >= 4 is 47.2 Å². The largest absolute Gasteiger partial charge is 0.487 e. The third-order valence-corrected chi connectivity index (χ3v) is 3.07. The van der Waals surface area contributed by atoms with Gasteiger partial charge in [-0.2, -0.15) is 12.6 Å². The van der Waals surface area contributed by atoms with Gasteiger partial charge in [0.05, 0.1) is 34.9 Å². The summed E-state index contributed by atoms with van der Waals surface area (Å²) in [5.41, 5.74) is -0.358. The summed E-state index contributed by atoms with van der Waals surface area (Å²) in [5.74, 6) is -0.0840. The Kier molecular flexibility index (Phi) is 11.0. The first kappa shape index (κ1) is 22.7. The molecule has 0 spiro atoms. The molecule has 1 aromatic rings. The number of esters is 1. The van der Waals surface area contributed by atoms with Crippen molar-refractivity contribution in [3.05, 3.63) is 44.0 Å². The van der Waals surface area contributed by atoms with E-state index >= 15 is 0 Å². The van der Waals surface area contributed by atoms with Crippen LogP contribution in [0, 0.1) is 20.2 Å². The third-order valence-electron chi connectivity index (χ3n) is 2.55. The Bertz CT molecular complexity index is 638. The van der Waals surface area contributed by atoms with E-state index in [4.69, 9.17) is 17.0 Å². The summed E-state index contributed by atoms with van der Waals surface area (Å²) in [7, 11) is 0. The zero-order valence-corrected chi connectivity index (χ0v) is 15.4. The summed E-state index contributed by atoms with van der Waals surface area (Å²) >= 11 is 8.56. The fourth-order valence-corrected chi connectivity index (χ4v) is 1.92. The van der Waals surface area contributed by atoms with Crippen LogP contribution in [0.4, 0.5) is 11.4 Å². The Hall–Kier alpha value is -2.27. The Balaban J connectivity index is 0.000000697. The van der Waals surface area contributed by atoms with Gasteiger partial charge < -0.3 is 9.47 Å². The number of nitro benzene ring substituents is 2. The third kappa shape index (κ3) is 8.96. The predicted octanol–water partition coefficient (Wildman–Crippen LogP) is 2.89. The molecule has 0 unspecified atom stereocenters. The molecular formula is C14H18N2O7S2. The van der Waals surface area contributed by atoms with E-state index < -0.39 is 9.85 Å². The molecule has 0 bridgehead atoms. The van der Waals surface area contributed by atoms with E-state index in [2.05, 4.69) is 17.4 Å². The lowest BCUT2D eigenvalue weighted by Gasteiger charge is -2.05. The molecule has 0 atom stereocenters. The minimum absolute atomic E-state index is 0.0808. The van der Waals surface area contributed by atoms with Crippen LogP contribution in [-0.2, 0) is 20.7 Å². The van der Waals surface area contributed by atoms with Gasteiger partial charge >= 0.3 is 5.97 Å². The summed E-state index contributed by atoms with van der Waals surface area (Å²) in [5, 5.41) is 21.6. The van der Waals surface area contributed by atoms with Crippen LogP contribution in [0.1, 0.15) is 19.4 Å². The summed E-state index contributed by atoms with van der Waals surface area (Å²) < 4.78 is 9.51. The molecular weight excluding hydrogens is 372 g/mol. The number of thiol groups is 1. The molecule has 0 saturated carbocycles. The number of carbonyl (C=O) groups is 1. The number of hydrogen-bond acceptors (Lipinski definition) is 9. The standard InChI is InChI=1S/C10H10N2O5S.C4H8O2S/c1-2-17-10(18)5-7-3-4-8(11(13)14)6-9(7)12(15)16;1-2-6-4(5)3-7/h3-4,6H,2,5H2,1H3;7H,2-3H2,1H3. The van der Waals surface area contributed by atoms with E-state index in [9.17, 15) is 25.0 Å². The zero-order valence-electron chi connectivity index (χ0n) is 13.7. The lowest BCUT2D eigenvalue weighted by atomic mass is 10.1. The molecule has 0 fully saturated rings. The SMILES string of the molecule is CCOC(=O)CS.CCOC(=S)Cc1ccc([N+](=O)[O-])cc1[N+](=O)[O-]. The first-order valence-electron chi connectivity index (χ1n) is 7.10. The van der Waals surface area contributed by atoms with E-state index in [0.29, 0.717) is 18.8 Å². The number of non-ortho nitro benzene ring substituents is 1. The summed E-state index contributed by atoms with van der Waals surface area (Å²) in [6.07, 6.45) is 0.0808. The molecule has 1 aromatic carbocycles. The predicted molar refractivity (Wildman–Crippen MR) is 98.2 cm³/mol. The van der Waals surface area contributed by atoms with Crippen molar-refractivity contribution in [1.82, 2.24) is 0 Å². The first-order valence-corrected chi connectivity index (χ1v) is 8.14. The lowest BCUT2D eigenvalue weighted by molar-refractivity contribution is -0.394. The molecule has 0 aliphatic rings. The second-order valence-corrected chi connectivity index (χ2v) is 5.04. The quantitative estimate of drug-likeness (QED) is 0.248. The van der Waals surface area contributed by atoms with Crippen LogP contribution in [-0.4, -0.2) is 39.8 Å². The Labute approximate surface area is 155 Å². The maximum Gasteiger partial charge on any atom is 0.315 e. The molecule has 11 heteroatoms. The zero-order chi connectivity index (χ0) is 19.4. The van der Waals surface area contributed by atoms with Crippen LogP contribution in [0.3, 0.4) is 0 Å². The Morgan fingerprint density at radius 2 is 1.76 bits per heavy atom. The van der Waals surface area contributed by atoms with Crippen molar-refractivity contribution in [3.8, 4) is 0 Å². The number of ether oxygens (including phenoxy) is 2. The number of nitro groups is 2. The second kappa shape index (κ2) is 12.1. The highest BCUT2D eigenvalue weighted by Crippen LogP contribution is 2.25. The molecule has 1 rings (SSSR count). The van der Waals surface area contributed by atoms with Crippen LogP contribution in [0.15, 0.2) is 18.2 Å². The fraction of sp³-hybridized carbons (Fsp3) is 0.429. The van der Waals surface area contributed by atoms with E-state index in [-0.39, 0.29) is 34.6 Å². The average molecular weight is 390 g/mol. The van der Waals surface area contributed by atoms with Gasteiger partial charge in [-0.3, -0.25) is 25.0 Å². The van der Waals surface area contributed by atoms with E-state index in [1.165, 1.54) is 12.1 Å². The van der Waals surface area contributed by atoms with Gasteiger partial charge in [0.25, 0.3) is 11.4 Å². The van der Waals surface area contributed by atoms with Crippen molar-refractivity contribution in [2.75, 3.05) is 19.0 Å². The molecule has 138 valence electrons. The van der Waals surface area contributed by atoms with Crippen LogP contribution in [0.25, 0.3) is 0 Å². The summed E-state index contributed by atoms with van der Waals surface area (Å²) in [6.45, 7) is 4.33. The average Bonchev–Trinajstić information content (AvgIpc) is 2.55. The van der Waals surface area contributed by atoms with Crippen molar-refractivity contribution in [2.45, 2.75) is 20.3 Å². The molecule has 0 heterocycles. The van der Waals surface area contributed by atoms with Crippen molar-refractivity contribution in [1.29, 1.82) is 0 Å². The van der Waals surface area contributed by atoms with Crippen LogP contribution in [0.5, 0.6) is 0 Å². The smallest absolute Gasteiger partial charge is 0.315 e. The molecule has 25 heavy (non-hydrogen) atoms. The van der Waals surface area contributed by atoms with Gasteiger partial charge in [0.1, 0.15) is 0 Å². The lowest BCUT2D eigenvalue weighted by Crippen LogP contribution is -2.07. The van der Waals surface area contributed by atoms with E-state index in [0.717, 1.165) is 6.07 Å². The second-order valence-electron chi connectivity index (χ2n) is 4.27. The number of nitrogens with zero attached hydrogens (tertiary/aromatic N) is 2. The molecule has 0 N–H and O–H groups in total. The van der Waals surface area contributed by atoms with Gasteiger partial charge in [0.2, 0.25) is 0 Å². The number of carbonyl (C=O) groups excluding carboxylic acids is 1. The first-order chi connectivity index (χ1) is 11.8. The highest BCUT2D eigenvalue weighted by atomic mass is 32.1. The molecule has 0 amide bonds. The Morgan fingerprint density at radius 3 is 2.16 bits per heavy atom. The van der Waals surface area contributed by atoms with Crippen LogP contribution >= 0.6 is 24.8 Å². The molecule has 9 nitrogen and oxygen atoms in total. The van der Waals surface area contributed by atoms with Gasteiger partial charge in [0.15, 0.2) is 5.05 Å². The summed E-state index contributed by atoms with van der Waals surface area (Å²) in [6, 6.07) is 3.45. The van der Waals surface area contributed by atoms with Crippen molar-refractivity contribution < 1.29 is 24.1 Å². The van der Waals surface area contributed by atoms with E-state index in [1.807, 2.05) is 0 Å². The maximum absolute atomic E-state index is 10.8. The van der Waals surface area contributed by atoms with Crippen LogP contribution < -0.4 is 0 Å². The monoisotopic (exact) mass is 390 g/mol. The summed E-state index contributed by atoms with van der Waals surface area (Å²) in [4.78, 5) is 30.1. The molecule has 0 aliphatic carbocycles. The molecule has 0 aliphatic heterocycles. The van der Waals surface area contributed by atoms with E-state index in [1.54, 1.807) is 13.8 Å². The highest BCUT2D eigenvalue weighted by Gasteiger charge is 2.20. The maximum atomic E-state index is 10.8. The fourth-order valence-electron chi connectivity index (χ4n) is 1.56. The van der Waals surface area contributed by atoms with Crippen molar-refractivity contribution in [2.24, 2.45) is 0 Å². The van der Waals surface area contributed by atoms with Gasteiger partial charge in [-0.25, -0.2) is 0 Å². The Morgan fingerprint density at radius 1 is 1.16 bits per heavy atom. The minimum atomic E-state index is -0.683. The van der Waals surface area contributed by atoms with Gasteiger partial charge in [-0.1, -0.05) is 0 Å². The number of rotatable bonds is 7. The normalized spacial score (nSPS) is 9.40. The molecule has 0 radical (unpaired) electrons.